The van der Waals surface area contributed by atoms with Gasteiger partial charge in [0, 0.05) is 19.5 Å². The first-order valence-electron chi connectivity index (χ1n) is 7.52. The van der Waals surface area contributed by atoms with Gasteiger partial charge in [0.1, 0.15) is 0 Å². The van der Waals surface area contributed by atoms with Gasteiger partial charge in [-0.2, -0.15) is 0 Å². The Hall–Kier alpha value is -1.06. The number of rotatable bonds is 7. The molecule has 0 spiro atoms. The first-order chi connectivity index (χ1) is 9.17. The van der Waals surface area contributed by atoms with Crippen molar-refractivity contribution in [1.29, 1.82) is 0 Å². The minimum Gasteiger partial charge on any atom is -0.469 e. The Morgan fingerprint density at radius 3 is 2.42 bits per heavy atom. The zero-order chi connectivity index (χ0) is 14.1. The van der Waals surface area contributed by atoms with Gasteiger partial charge in [0.15, 0.2) is 0 Å². The molecule has 4 nitrogen and oxygen atoms in total. The Morgan fingerprint density at radius 2 is 1.84 bits per heavy atom. The number of ether oxygens (including phenoxy) is 1. The van der Waals surface area contributed by atoms with Crippen molar-refractivity contribution < 1.29 is 14.3 Å². The van der Waals surface area contributed by atoms with Crippen LogP contribution in [-0.4, -0.2) is 37.0 Å². The van der Waals surface area contributed by atoms with E-state index in [1.165, 1.54) is 39.2 Å². The van der Waals surface area contributed by atoms with Crippen LogP contribution in [0.3, 0.4) is 0 Å². The first-order valence-corrected chi connectivity index (χ1v) is 7.52. The van der Waals surface area contributed by atoms with Gasteiger partial charge in [-0.15, -0.1) is 0 Å². The maximum atomic E-state index is 12.3. The Balaban J connectivity index is 2.39. The third-order valence-electron chi connectivity index (χ3n) is 3.85. The Labute approximate surface area is 116 Å². The molecule has 0 aromatic carbocycles. The molecule has 1 aliphatic rings. The molecule has 0 aromatic heterocycles. The summed E-state index contributed by atoms with van der Waals surface area (Å²) in [5, 5.41) is 0. The normalized spacial score (nSPS) is 16.1. The minimum absolute atomic E-state index is 0.206. The van der Waals surface area contributed by atoms with Crippen LogP contribution in [0.5, 0.6) is 0 Å². The molecule has 4 heteroatoms. The van der Waals surface area contributed by atoms with E-state index in [0.29, 0.717) is 25.3 Å². The highest BCUT2D eigenvalue weighted by Gasteiger charge is 2.21. The van der Waals surface area contributed by atoms with Crippen molar-refractivity contribution in [2.45, 2.75) is 58.3 Å². The van der Waals surface area contributed by atoms with E-state index < -0.39 is 0 Å². The summed E-state index contributed by atoms with van der Waals surface area (Å²) < 4.78 is 4.63. The van der Waals surface area contributed by atoms with E-state index in [1.54, 1.807) is 0 Å². The third-order valence-corrected chi connectivity index (χ3v) is 3.85. The molecule has 0 saturated heterocycles. The van der Waals surface area contributed by atoms with Crippen molar-refractivity contribution >= 4 is 11.9 Å². The molecule has 1 saturated carbocycles. The molecular weight excluding hydrogens is 242 g/mol. The van der Waals surface area contributed by atoms with E-state index in [9.17, 15) is 9.59 Å². The lowest BCUT2D eigenvalue weighted by Crippen LogP contribution is -2.35. The van der Waals surface area contributed by atoms with Gasteiger partial charge < -0.3 is 9.64 Å². The van der Waals surface area contributed by atoms with Crippen molar-refractivity contribution in [3.63, 3.8) is 0 Å². The van der Waals surface area contributed by atoms with Gasteiger partial charge >= 0.3 is 5.97 Å². The zero-order valence-corrected chi connectivity index (χ0v) is 12.3. The smallest absolute Gasteiger partial charge is 0.307 e. The zero-order valence-electron chi connectivity index (χ0n) is 12.3. The van der Waals surface area contributed by atoms with Crippen LogP contribution in [0.15, 0.2) is 0 Å². The quantitative estimate of drug-likeness (QED) is 0.668. The van der Waals surface area contributed by atoms with E-state index in [4.69, 9.17) is 0 Å². The van der Waals surface area contributed by atoms with Gasteiger partial charge in [-0.05, 0) is 25.2 Å². The highest BCUT2D eigenvalue weighted by Crippen LogP contribution is 2.26. The fourth-order valence-electron chi connectivity index (χ4n) is 2.73. The van der Waals surface area contributed by atoms with Crippen LogP contribution in [0, 0.1) is 5.92 Å². The lowest BCUT2D eigenvalue weighted by molar-refractivity contribution is -0.142. The van der Waals surface area contributed by atoms with Crippen LogP contribution in [0.2, 0.25) is 0 Å². The van der Waals surface area contributed by atoms with E-state index in [1.807, 2.05) is 4.90 Å². The maximum Gasteiger partial charge on any atom is 0.307 e. The van der Waals surface area contributed by atoms with E-state index in [2.05, 4.69) is 11.7 Å². The van der Waals surface area contributed by atoms with Gasteiger partial charge in [-0.25, -0.2) is 0 Å². The average Bonchev–Trinajstić information content (AvgIpc) is 2.44. The monoisotopic (exact) mass is 269 g/mol. The molecule has 0 radical (unpaired) electrons. The van der Waals surface area contributed by atoms with Gasteiger partial charge in [0.2, 0.25) is 5.91 Å². The summed E-state index contributed by atoms with van der Waals surface area (Å²) in [7, 11) is 1.39. The summed E-state index contributed by atoms with van der Waals surface area (Å²) in [6.45, 7) is 3.29. The van der Waals surface area contributed by atoms with Crippen molar-refractivity contribution in [2.24, 2.45) is 5.92 Å². The molecule has 0 bridgehead atoms. The Morgan fingerprint density at radius 1 is 1.16 bits per heavy atom. The molecule has 19 heavy (non-hydrogen) atoms. The van der Waals surface area contributed by atoms with Crippen molar-refractivity contribution in [1.82, 2.24) is 4.90 Å². The average molecular weight is 269 g/mol. The predicted molar refractivity (Wildman–Crippen MR) is 74.7 cm³/mol. The minimum atomic E-state index is -0.244. The molecule has 110 valence electrons. The topological polar surface area (TPSA) is 46.6 Å². The Kier molecular flexibility index (Phi) is 7.53. The lowest BCUT2D eigenvalue weighted by Gasteiger charge is -2.26. The summed E-state index contributed by atoms with van der Waals surface area (Å²) in [5.74, 6) is 0.517. The Bertz CT molecular complexity index is 285. The van der Waals surface area contributed by atoms with Crippen LogP contribution in [0.25, 0.3) is 0 Å². The molecule has 0 aromatic rings. The SMILES string of the molecule is CCCN(CCC(=O)OC)C(=O)CC1CCCCC1. The first kappa shape index (κ1) is 16.0. The molecule has 0 unspecified atom stereocenters. The summed E-state index contributed by atoms with van der Waals surface area (Å²) in [5.41, 5.74) is 0. The largest absolute Gasteiger partial charge is 0.469 e. The molecule has 0 heterocycles. The van der Waals surface area contributed by atoms with Gasteiger partial charge in [0.25, 0.3) is 0 Å². The van der Waals surface area contributed by atoms with Crippen LogP contribution in [0.4, 0.5) is 0 Å². The number of amides is 1. The fourth-order valence-corrected chi connectivity index (χ4v) is 2.73. The van der Waals surface area contributed by atoms with Crippen LogP contribution in [0.1, 0.15) is 58.3 Å². The molecule has 1 rings (SSSR count). The number of carbonyl (C=O) groups excluding carboxylic acids is 2. The number of methoxy groups -OCH3 is 1. The molecule has 0 atom stereocenters. The summed E-state index contributed by atoms with van der Waals surface area (Å²) in [6.07, 6.45) is 8.07. The van der Waals surface area contributed by atoms with Crippen molar-refractivity contribution in [3.05, 3.63) is 0 Å². The van der Waals surface area contributed by atoms with E-state index in [-0.39, 0.29) is 11.9 Å². The molecule has 1 aliphatic carbocycles. The standard InChI is InChI=1S/C15H27NO3/c1-3-10-16(11-9-15(18)19-2)14(17)12-13-7-5-4-6-8-13/h13H,3-12H2,1-2H3. The summed E-state index contributed by atoms with van der Waals surface area (Å²) in [4.78, 5) is 25.3. The maximum absolute atomic E-state index is 12.3. The second-order valence-electron chi connectivity index (χ2n) is 5.42. The number of nitrogens with zero attached hydrogens (tertiary/aromatic N) is 1. The van der Waals surface area contributed by atoms with Gasteiger partial charge in [-0.1, -0.05) is 26.2 Å². The third kappa shape index (κ3) is 6.08. The number of esters is 1. The van der Waals surface area contributed by atoms with Crippen LogP contribution < -0.4 is 0 Å². The number of hydrogen-bond acceptors (Lipinski definition) is 3. The number of hydrogen-bond donors (Lipinski definition) is 0. The van der Waals surface area contributed by atoms with Crippen LogP contribution in [-0.2, 0) is 14.3 Å². The van der Waals surface area contributed by atoms with Crippen molar-refractivity contribution in [2.75, 3.05) is 20.2 Å². The van der Waals surface area contributed by atoms with Crippen LogP contribution >= 0.6 is 0 Å². The van der Waals surface area contributed by atoms with Gasteiger partial charge in [-0.3, -0.25) is 9.59 Å². The molecule has 1 fully saturated rings. The van der Waals surface area contributed by atoms with E-state index >= 15 is 0 Å². The van der Waals surface area contributed by atoms with Crippen molar-refractivity contribution in [3.8, 4) is 0 Å². The molecular formula is C15H27NO3. The highest BCUT2D eigenvalue weighted by atomic mass is 16.5. The summed E-state index contributed by atoms with van der Waals surface area (Å²) >= 11 is 0. The molecule has 0 aliphatic heterocycles. The second-order valence-corrected chi connectivity index (χ2v) is 5.42. The summed E-state index contributed by atoms with van der Waals surface area (Å²) in [6, 6.07) is 0. The lowest BCUT2D eigenvalue weighted by atomic mass is 9.86. The van der Waals surface area contributed by atoms with Gasteiger partial charge in [0.05, 0.1) is 13.5 Å². The highest BCUT2D eigenvalue weighted by molar-refractivity contribution is 5.77. The molecule has 0 N–H and O–H groups in total. The van der Waals surface area contributed by atoms with E-state index in [0.717, 1.165) is 13.0 Å². The fraction of sp³-hybridized carbons (Fsp3) is 0.867. The molecule has 1 amide bonds. The number of carbonyl (C=O) groups is 2. The predicted octanol–water partition coefficient (Wildman–Crippen LogP) is 2.76. The second kappa shape index (κ2) is 8.94.